The number of ketones is 1. The number of carbonyl (C=O) groups is 2. The zero-order chi connectivity index (χ0) is 15.5. The number of rotatable bonds is 4. The van der Waals surface area contributed by atoms with Crippen LogP contribution >= 0.6 is 0 Å². The Labute approximate surface area is 129 Å². The molecule has 0 aliphatic carbocycles. The second kappa shape index (κ2) is 6.14. The molecule has 0 N–H and O–H groups in total. The van der Waals surface area contributed by atoms with E-state index in [2.05, 4.69) is 0 Å². The predicted molar refractivity (Wildman–Crippen MR) is 84.0 cm³/mol. The van der Waals surface area contributed by atoms with E-state index in [9.17, 15) is 9.59 Å². The van der Waals surface area contributed by atoms with Crippen LogP contribution in [0.25, 0.3) is 0 Å². The minimum atomic E-state index is -0.262. The number of para-hydroxylation sites is 1. The highest BCUT2D eigenvalue weighted by Gasteiger charge is 2.37. The van der Waals surface area contributed by atoms with Gasteiger partial charge in [-0.3, -0.25) is 9.59 Å². The molecule has 2 atom stereocenters. The van der Waals surface area contributed by atoms with Crippen molar-refractivity contribution in [2.75, 3.05) is 0 Å². The van der Waals surface area contributed by atoms with Crippen LogP contribution < -0.4 is 4.74 Å². The van der Waals surface area contributed by atoms with Gasteiger partial charge in [-0.15, -0.1) is 0 Å². The summed E-state index contributed by atoms with van der Waals surface area (Å²) in [5.74, 6) is 0.0430. The van der Waals surface area contributed by atoms with Crippen LogP contribution in [-0.4, -0.2) is 11.8 Å². The summed E-state index contributed by atoms with van der Waals surface area (Å²) < 4.78 is 5.40. The van der Waals surface area contributed by atoms with Crippen LogP contribution in [0.15, 0.2) is 54.6 Å². The molecule has 0 saturated carbocycles. The lowest BCUT2D eigenvalue weighted by molar-refractivity contribution is -0.141. The highest BCUT2D eigenvalue weighted by Crippen LogP contribution is 2.41. The molecule has 1 heterocycles. The van der Waals surface area contributed by atoms with Gasteiger partial charge in [0, 0.05) is 17.9 Å². The van der Waals surface area contributed by atoms with Gasteiger partial charge in [0.2, 0.25) is 0 Å². The quantitative estimate of drug-likeness (QED) is 0.486. The summed E-state index contributed by atoms with van der Waals surface area (Å²) in [6.45, 7) is 1.96. The number of Topliss-reactive ketones (excluding diaryl/α,β-unsaturated/α-hetero) is 1. The summed E-state index contributed by atoms with van der Waals surface area (Å²) in [5.41, 5.74) is 1.65. The van der Waals surface area contributed by atoms with Crippen molar-refractivity contribution >= 4 is 11.8 Å². The third kappa shape index (κ3) is 2.67. The van der Waals surface area contributed by atoms with Crippen LogP contribution in [0.3, 0.4) is 0 Å². The minimum Gasteiger partial charge on any atom is -0.426 e. The maximum atomic E-state index is 12.5. The molecule has 3 rings (SSSR count). The number of carbonyl (C=O) groups excluding carboxylic acids is 2. The summed E-state index contributed by atoms with van der Waals surface area (Å²) >= 11 is 0. The number of hydrogen-bond acceptors (Lipinski definition) is 3. The van der Waals surface area contributed by atoms with E-state index in [0.29, 0.717) is 24.2 Å². The first-order valence-electron chi connectivity index (χ1n) is 7.59. The average Bonchev–Trinajstić information content (AvgIpc) is 2.55. The number of fused-ring (bicyclic) bond motifs is 1. The van der Waals surface area contributed by atoms with Crippen molar-refractivity contribution in [2.24, 2.45) is 5.92 Å². The Hall–Kier alpha value is -2.42. The van der Waals surface area contributed by atoms with E-state index < -0.39 is 0 Å². The molecule has 2 unspecified atom stereocenters. The van der Waals surface area contributed by atoms with Crippen molar-refractivity contribution < 1.29 is 14.3 Å². The Balaban J connectivity index is 1.93. The molecule has 3 heteroatoms. The summed E-state index contributed by atoms with van der Waals surface area (Å²) in [4.78, 5) is 24.7. The molecule has 3 nitrogen and oxygen atoms in total. The maximum Gasteiger partial charge on any atom is 0.314 e. The number of hydrogen-bond donors (Lipinski definition) is 0. The summed E-state index contributed by atoms with van der Waals surface area (Å²) in [7, 11) is 0. The van der Waals surface area contributed by atoms with Crippen LogP contribution in [0.1, 0.15) is 41.6 Å². The molecule has 2 aromatic rings. The third-order valence-electron chi connectivity index (χ3n) is 4.26. The fraction of sp³-hybridized carbons (Fsp3) is 0.263. The van der Waals surface area contributed by atoms with Crippen LogP contribution in [0.2, 0.25) is 0 Å². The molecule has 0 radical (unpaired) electrons. The summed E-state index contributed by atoms with van der Waals surface area (Å²) in [5, 5.41) is 0. The SMILES string of the molecule is CCC1C(=O)Oc2ccccc2C1CC(=O)c1ccccc1. The number of esters is 1. The van der Waals surface area contributed by atoms with Crippen molar-refractivity contribution in [1.82, 2.24) is 0 Å². The molecule has 0 bridgehead atoms. The normalized spacial score (nSPS) is 20.1. The van der Waals surface area contributed by atoms with Gasteiger partial charge < -0.3 is 4.74 Å². The van der Waals surface area contributed by atoms with E-state index >= 15 is 0 Å². The van der Waals surface area contributed by atoms with Crippen molar-refractivity contribution in [1.29, 1.82) is 0 Å². The highest BCUT2D eigenvalue weighted by molar-refractivity contribution is 5.97. The Bertz CT molecular complexity index is 691. The smallest absolute Gasteiger partial charge is 0.314 e. The van der Waals surface area contributed by atoms with Crippen molar-refractivity contribution in [3.05, 3.63) is 65.7 Å². The molecule has 0 saturated heterocycles. The number of ether oxygens (including phenoxy) is 1. The lowest BCUT2D eigenvalue weighted by Gasteiger charge is -2.31. The number of benzene rings is 2. The van der Waals surface area contributed by atoms with Gasteiger partial charge >= 0.3 is 5.97 Å². The molecule has 1 aliphatic heterocycles. The van der Waals surface area contributed by atoms with Crippen LogP contribution in [0.5, 0.6) is 5.75 Å². The zero-order valence-corrected chi connectivity index (χ0v) is 12.5. The zero-order valence-electron chi connectivity index (χ0n) is 12.5. The fourth-order valence-electron chi connectivity index (χ4n) is 3.09. The van der Waals surface area contributed by atoms with E-state index in [0.717, 1.165) is 5.56 Å². The standard InChI is InChI=1S/C19H18O3/c1-2-14-16(12-17(20)13-8-4-3-5-9-13)15-10-6-7-11-18(15)22-19(14)21/h3-11,14,16H,2,12H2,1H3. The molecule has 0 spiro atoms. The van der Waals surface area contributed by atoms with Crippen molar-refractivity contribution in [3.8, 4) is 5.75 Å². The monoisotopic (exact) mass is 294 g/mol. The molecule has 0 fully saturated rings. The molecular weight excluding hydrogens is 276 g/mol. The van der Waals surface area contributed by atoms with E-state index in [1.165, 1.54) is 0 Å². The topological polar surface area (TPSA) is 43.4 Å². The van der Waals surface area contributed by atoms with E-state index in [4.69, 9.17) is 4.74 Å². The molecule has 112 valence electrons. The fourth-order valence-corrected chi connectivity index (χ4v) is 3.09. The Morgan fingerprint density at radius 2 is 1.68 bits per heavy atom. The van der Waals surface area contributed by atoms with Gasteiger partial charge in [0.05, 0.1) is 5.92 Å². The minimum absolute atomic E-state index is 0.0635. The van der Waals surface area contributed by atoms with E-state index in [1.54, 1.807) is 6.07 Å². The maximum absolute atomic E-state index is 12.5. The Morgan fingerprint density at radius 3 is 2.41 bits per heavy atom. The van der Waals surface area contributed by atoms with Gasteiger partial charge in [-0.2, -0.15) is 0 Å². The van der Waals surface area contributed by atoms with Crippen molar-refractivity contribution in [2.45, 2.75) is 25.7 Å². The molecule has 1 aliphatic rings. The van der Waals surface area contributed by atoms with Crippen molar-refractivity contribution in [3.63, 3.8) is 0 Å². The summed E-state index contributed by atoms with van der Waals surface area (Å²) in [6, 6.07) is 16.7. The molecule has 2 aromatic carbocycles. The van der Waals surface area contributed by atoms with Gasteiger partial charge in [-0.1, -0.05) is 55.5 Å². The van der Waals surface area contributed by atoms with Crippen LogP contribution in [0, 0.1) is 5.92 Å². The van der Waals surface area contributed by atoms with Gasteiger partial charge in [-0.05, 0) is 18.1 Å². The second-order valence-electron chi connectivity index (χ2n) is 5.57. The predicted octanol–water partition coefficient (Wildman–Crippen LogP) is 3.99. The molecular formula is C19H18O3. The van der Waals surface area contributed by atoms with Gasteiger partial charge in [0.1, 0.15) is 5.75 Å². The lowest BCUT2D eigenvalue weighted by atomic mass is 9.78. The van der Waals surface area contributed by atoms with E-state index in [1.807, 2.05) is 55.5 Å². The van der Waals surface area contributed by atoms with Gasteiger partial charge in [0.15, 0.2) is 5.78 Å². The third-order valence-corrected chi connectivity index (χ3v) is 4.26. The molecule has 0 aromatic heterocycles. The Morgan fingerprint density at radius 1 is 1.00 bits per heavy atom. The highest BCUT2D eigenvalue weighted by atomic mass is 16.5. The van der Waals surface area contributed by atoms with Crippen LogP contribution in [0.4, 0.5) is 0 Å². The lowest BCUT2D eigenvalue weighted by Crippen LogP contribution is -2.32. The molecule has 22 heavy (non-hydrogen) atoms. The van der Waals surface area contributed by atoms with E-state index in [-0.39, 0.29) is 23.6 Å². The second-order valence-corrected chi connectivity index (χ2v) is 5.57. The first-order chi connectivity index (χ1) is 10.7. The summed E-state index contributed by atoms with van der Waals surface area (Å²) in [6.07, 6.45) is 0.995. The van der Waals surface area contributed by atoms with Gasteiger partial charge in [0.25, 0.3) is 0 Å². The Kier molecular flexibility index (Phi) is 4.05. The molecule has 0 amide bonds. The average molecular weight is 294 g/mol. The van der Waals surface area contributed by atoms with Crippen LogP contribution in [-0.2, 0) is 4.79 Å². The largest absolute Gasteiger partial charge is 0.426 e. The first-order valence-corrected chi connectivity index (χ1v) is 7.59. The van der Waals surface area contributed by atoms with Gasteiger partial charge in [-0.25, -0.2) is 0 Å². The first kappa shape index (κ1) is 14.5.